The lowest BCUT2D eigenvalue weighted by atomic mass is 10.1. The molecule has 3 heteroatoms. The maximum absolute atomic E-state index is 10.7. The van der Waals surface area contributed by atoms with Crippen molar-refractivity contribution in [1.82, 2.24) is 0 Å². The molecule has 1 N–H and O–H groups in total. The summed E-state index contributed by atoms with van der Waals surface area (Å²) in [5.41, 5.74) is 0.680. The second-order valence-corrected chi connectivity index (χ2v) is 2.37. The molecular weight excluding hydrogens is 144 g/mol. The summed E-state index contributed by atoms with van der Waals surface area (Å²) >= 11 is 0. The van der Waals surface area contributed by atoms with Crippen molar-refractivity contribution >= 4 is 5.97 Å². The summed E-state index contributed by atoms with van der Waals surface area (Å²) in [5, 5.41) is 9.12. The van der Waals surface area contributed by atoms with E-state index in [0.717, 1.165) is 12.8 Å². The molecule has 0 radical (unpaired) electrons. The number of carbonyl (C=O) groups excluding carboxylic acids is 1. The zero-order chi connectivity index (χ0) is 8.85. The number of aliphatic hydroxyl groups is 1. The highest BCUT2D eigenvalue weighted by atomic mass is 16.5. The molecular formula is C8H14O3. The molecule has 0 saturated carbocycles. The fourth-order valence-electron chi connectivity index (χ4n) is 0.764. The molecule has 0 aromatic rings. The van der Waals surface area contributed by atoms with Gasteiger partial charge in [0, 0.05) is 0 Å². The Morgan fingerprint density at radius 3 is 2.45 bits per heavy atom. The van der Waals surface area contributed by atoms with Crippen LogP contribution >= 0.6 is 0 Å². The van der Waals surface area contributed by atoms with Gasteiger partial charge in [0.1, 0.15) is 0 Å². The molecule has 0 aliphatic heterocycles. The van der Waals surface area contributed by atoms with Crippen LogP contribution in [-0.4, -0.2) is 18.2 Å². The van der Waals surface area contributed by atoms with E-state index in [4.69, 9.17) is 5.11 Å². The van der Waals surface area contributed by atoms with Crippen LogP contribution in [0, 0.1) is 0 Å². The monoisotopic (exact) mass is 158 g/mol. The first-order valence-corrected chi connectivity index (χ1v) is 3.60. The molecule has 0 rings (SSSR count). The predicted octanol–water partition coefficient (Wildman–Crippen LogP) is 1.79. The lowest BCUT2D eigenvalue weighted by Crippen LogP contribution is -2.06. The van der Waals surface area contributed by atoms with E-state index < -0.39 is 5.97 Å². The smallest absolute Gasteiger partial charge is 0.373 e. The number of ether oxygens (including phenoxy) is 1. The largest absolute Gasteiger partial charge is 0.502 e. The van der Waals surface area contributed by atoms with Crippen molar-refractivity contribution in [3.8, 4) is 0 Å². The third-order valence-electron chi connectivity index (χ3n) is 1.41. The van der Waals surface area contributed by atoms with Crippen molar-refractivity contribution in [2.75, 3.05) is 7.11 Å². The topological polar surface area (TPSA) is 46.5 Å². The van der Waals surface area contributed by atoms with Crippen molar-refractivity contribution in [3.05, 3.63) is 11.3 Å². The van der Waals surface area contributed by atoms with Gasteiger partial charge in [-0.1, -0.05) is 13.3 Å². The lowest BCUT2D eigenvalue weighted by molar-refractivity contribution is -0.139. The number of methoxy groups -OCH3 is 1. The lowest BCUT2D eigenvalue weighted by Gasteiger charge is -2.01. The van der Waals surface area contributed by atoms with E-state index in [1.54, 1.807) is 6.92 Å². The van der Waals surface area contributed by atoms with E-state index in [2.05, 4.69) is 4.74 Å². The minimum Gasteiger partial charge on any atom is -0.502 e. The van der Waals surface area contributed by atoms with Gasteiger partial charge in [0.15, 0.2) is 0 Å². The zero-order valence-electron chi connectivity index (χ0n) is 7.18. The molecule has 0 saturated heterocycles. The van der Waals surface area contributed by atoms with Gasteiger partial charge in [-0.25, -0.2) is 4.79 Å². The van der Waals surface area contributed by atoms with E-state index in [9.17, 15) is 4.79 Å². The van der Waals surface area contributed by atoms with Gasteiger partial charge in [-0.15, -0.1) is 0 Å². The van der Waals surface area contributed by atoms with Gasteiger partial charge < -0.3 is 9.84 Å². The number of esters is 1. The fourth-order valence-corrected chi connectivity index (χ4v) is 0.764. The first-order valence-electron chi connectivity index (χ1n) is 3.60. The Kier molecular flexibility index (Phi) is 4.34. The minimum absolute atomic E-state index is 0.255. The first kappa shape index (κ1) is 10.0. The number of carbonyl (C=O) groups is 1. The van der Waals surface area contributed by atoms with Crippen LogP contribution in [0.2, 0.25) is 0 Å². The first-order chi connectivity index (χ1) is 5.13. The van der Waals surface area contributed by atoms with Crippen molar-refractivity contribution in [2.24, 2.45) is 0 Å². The molecule has 0 spiro atoms. The number of aliphatic hydroxyl groups excluding tert-OH is 1. The Morgan fingerprint density at radius 2 is 2.09 bits per heavy atom. The summed E-state index contributed by atoms with van der Waals surface area (Å²) in [4.78, 5) is 10.7. The summed E-state index contributed by atoms with van der Waals surface area (Å²) in [7, 11) is 1.25. The van der Waals surface area contributed by atoms with Gasteiger partial charge in [-0.2, -0.15) is 0 Å². The number of rotatable bonds is 3. The van der Waals surface area contributed by atoms with Crippen LogP contribution < -0.4 is 0 Å². The van der Waals surface area contributed by atoms with Crippen LogP contribution in [0.1, 0.15) is 26.7 Å². The average molecular weight is 158 g/mol. The molecule has 0 bridgehead atoms. The van der Waals surface area contributed by atoms with E-state index in [0.29, 0.717) is 5.57 Å². The molecule has 11 heavy (non-hydrogen) atoms. The van der Waals surface area contributed by atoms with Crippen LogP contribution in [0.3, 0.4) is 0 Å². The van der Waals surface area contributed by atoms with E-state index >= 15 is 0 Å². The molecule has 0 fully saturated rings. The molecule has 0 amide bonds. The predicted molar refractivity (Wildman–Crippen MR) is 42.3 cm³/mol. The highest BCUT2D eigenvalue weighted by Crippen LogP contribution is 2.08. The second kappa shape index (κ2) is 4.77. The molecule has 0 aromatic heterocycles. The minimum atomic E-state index is -0.657. The Morgan fingerprint density at radius 1 is 1.55 bits per heavy atom. The zero-order valence-corrected chi connectivity index (χ0v) is 7.18. The van der Waals surface area contributed by atoms with E-state index in [1.807, 2.05) is 6.92 Å². The molecule has 0 aromatic carbocycles. The SMILES string of the molecule is CCCC(C)=C(O)C(=O)OC. The van der Waals surface area contributed by atoms with Crippen molar-refractivity contribution < 1.29 is 14.6 Å². The fraction of sp³-hybridized carbons (Fsp3) is 0.625. The van der Waals surface area contributed by atoms with Crippen molar-refractivity contribution in [2.45, 2.75) is 26.7 Å². The summed E-state index contributed by atoms with van der Waals surface area (Å²) in [6, 6.07) is 0. The van der Waals surface area contributed by atoms with Crippen LogP contribution in [-0.2, 0) is 9.53 Å². The molecule has 64 valence electrons. The third-order valence-corrected chi connectivity index (χ3v) is 1.41. The van der Waals surface area contributed by atoms with E-state index in [1.165, 1.54) is 7.11 Å². The molecule has 0 heterocycles. The van der Waals surface area contributed by atoms with Crippen LogP contribution in [0.5, 0.6) is 0 Å². The second-order valence-electron chi connectivity index (χ2n) is 2.37. The number of hydrogen-bond acceptors (Lipinski definition) is 3. The molecule has 0 atom stereocenters. The average Bonchev–Trinajstić information content (AvgIpc) is 2.02. The quantitative estimate of drug-likeness (QED) is 0.387. The summed E-state index contributed by atoms with van der Waals surface area (Å²) in [6.45, 7) is 3.70. The Balaban J connectivity index is 4.26. The van der Waals surface area contributed by atoms with Crippen molar-refractivity contribution in [1.29, 1.82) is 0 Å². The van der Waals surface area contributed by atoms with Gasteiger partial charge in [0.25, 0.3) is 0 Å². The van der Waals surface area contributed by atoms with Crippen LogP contribution in [0.25, 0.3) is 0 Å². The van der Waals surface area contributed by atoms with Gasteiger partial charge in [0.2, 0.25) is 5.76 Å². The maximum Gasteiger partial charge on any atom is 0.373 e. The van der Waals surface area contributed by atoms with Gasteiger partial charge in [-0.3, -0.25) is 0 Å². The molecule has 0 aliphatic carbocycles. The van der Waals surface area contributed by atoms with E-state index in [-0.39, 0.29) is 5.76 Å². The normalized spacial score (nSPS) is 12.3. The van der Waals surface area contributed by atoms with Gasteiger partial charge in [0.05, 0.1) is 7.11 Å². The highest BCUT2D eigenvalue weighted by molar-refractivity contribution is 5.86. The van der Waals surface area contributed by atoms with Gasteiger partial charge in [-0.05, 0) is 18.9 Å². The summed E-state index contributed by atoms with van der Waals surface area (Å²) < 4.78 is 4.33. The Labute approximate surface area is 66.7 Å². The standard InChI is InChI=1S/C8H14O3/c1-4-5-6(2)7(9)8(10)11-3/h9H,4-5H2,1-3H3. The number of allylic oxidation sites excluding steroid dienone is 1. The maximum atomic E-state index is 10.7. The highest BCUT2D eigenvalue weighted by Gasteiger charge is 2.09. The Bertz CT molecular complexity index is 170. The number of hydrogen-bond donors (Lipinski definition) is 1. The van der Waals surface area contributed by atoms with Crippen LogP contribution in [0.4, 0.5) is 0 Å². The molecule has 3 nitrogen and oxygen atoms in total. The summed E-state index contributed by atoms with van der Waals surface area (Å²) in [5.74, 6) is -0.912. The van der Waals surface area contributed by atoms with Gasteiger partial charge >= 0.3 is 5.97 Å². The van der Waals surface area contributed by atoms with Crippen molar-refractivity contribution in [3.63, 3.8) is 0 Å². The molecule has 0 aliphatic rings. The summed E-state index contributed by atoms with van der Waals surface area (Å²) in [6.07, 6.45) is 1.63. The van der Waals surface area contributed by atoms with Crippen LogP contribution in [0.15, 0.2) is 11.3 Å². The Hall–Kier alpha value is -0.990. The third kappa shape index (κ3) is 3.07. The molecule has 0 unspecified atom stereocenters.